The molecular weight excluding hydrogens is 445 g/mol. The number of sulfonamides is 1. The van der Waals surface area contributed by atoms with Gasteiger partial charge < -0.3 is 14.5 Å². The summed E-state index contributed by atoms with van der Waals surface area (Å²) < 4.78 is 45.9. The Morgan fingerprint density at radius 3 is 2.42 bits per heavy atom. The molecule has 0 aromatic heterocycles. The van der Waals surface area contributed by atoms with Crippen molar-refractivity contribution >= 4 is 21.8 Å². The van der Waals surface area contributed by atoms with E-state index in [0.29, 0.717) is 24.9 Å². The monoisotopic (exact) mass is 479 g/mol. The van der Waals surface area contributed by atoms with Crippen LogP contribution >= 0.6 is 0 Å². The highest BCUT2D eigenvalue weighted by Crippen LogP contribution is 2.49. The van der Waals surface area contributed by atoms with Crippen molar-refractivity contribution in [3.8, 4) is 0 Å². The molecule has 182 valence electrons. The van der Waals surface area contributed by atoms with E-state index in [-0.39, 0.29) is 29.4 Å². The van der Waals surface area contributed by atoms with E-state index in [0.717, 1.165) is 63.6 Å². The molecule has 3 saturated heterocycles. The molecule has 5 rings (SSSR count). The molecule has 1 amide bonds. The molecule has 3 fully saturated rings. The highest BCUT2D eigenvalue weighted by Gasteiger charge is 2.50. The van der Waals surface area contributed by atoms with E-state index in [1.807, 2.05) is 11.8 Å². The molecule has 7 nitrogen and oxygen atoms in total. The Kier molecular flexibility index (Phi) is 5.84. The van der Waals surface area contributed by atoms with Crippen LogP contribution in [0.5, 0.6) is 0 Å². The molecule has 0 radical (unpaired) electrons. The van der Waals surface area contributed by atoms with Gasteiger partial charge in [0.25, 0.3) is 0 Å². The van der Waals surface area contributed by atoms with Crippen molar-refractivity contribution in [2.45, 2.75) is 75.4 Å². The van der Waals surface area contributed by atoms with Gasteiger partial charge in [0.1, 0.15) is 5.82 Å². The van der Waals surface area contributed by atoms with E-state index < -0.39 is 10.0 Å². The van der Waals surface area contributed by atoms with Crippen LogP contribution in [-0.4, -0.2) is 74.9 Å². The predicted octanol–water partition coefficient (Wildman–Crippen LogP) is 3.48. The molecule has 0 aliphatic carbocycles. The number of benzene rings is 1. The number of likely N-dealkylation sites (tertiary alicyclic amines) is 1. The van der Waals surface area contributed by atoms with Crippen molar-refractivity contribution in [2.24, 2.45) is 0 Å². The number of piperidine rings is 2. The molecule has 4 aliphatic heterocycles. The van der Waals surface area contributed by atoms with Crippen LogP contribution in [0.2, 0.25) is 0 Å². The van der Waals surface area contributed by atoms with Crippen LogP contribution in [-0.2, 0) is 20.2 Å². The number of ether oxygens (including phenoxy) is 1. The molecule has 1 spiro atoms. The summed E-state index contributed by atoms with van der Waals surface area (Å²) in [7, 11) is -3.42. The van der Waals surface area contributed by atoms with Gasteiger partial charge in [-0.05, 0) is 81.8 Å². The number of anilines is 1. The first-order chi connectivity index (χ1) is 15.7. The molecule has 4 heterocycles. The van der Waals surface area contributed by atoms with Crippen LogP contribution in [0, 0.1) is 5.82 Å². The Morgan fingerprint density at radius 2 is 1.82 bits per heavy atom. The Hall–Kier alpha value is -1.87. The van der Waals surface area contributed by atoms with Crippen molar-refractivity contribution in [3.05, 3.63) is 29.6 Å². The third-order valence-corrected chi connectivity index (χ3v) is 9.39. The van der Waals surface area contributed by atoms with E-state index in [4.69, 9.17) is 4.74 Å². The van der Waals surface area contributed by atoms with Crippen molar-refractivity contribution < 1.29 is 22.3 Å². The Balaban J connectivity index is 1.28. The lowest BCUT2D eigenvalue weighted by atomic mass is 9.73. The number of fused-ring (bicyclic) bond motifs is 4. The number of hydrogen-bond acceptors (Lipinski definition) is 5. The molecule has 9 heteroatoms. The number of carbonyl (C=O) groups excluding carboxylic acids is 1. The first kappa shape index (κ1) is 22.9. The van der Waals surface area contributed by atoms with Crippen LogP contribution in [0.4, 0.5) is 14.9 Å². The minimum absolute atomic E-state index is 0.161. The van der Waals surface area contributed by atoms with Gasteiger partial charge in [0.15, 0.2) is 0 Å². The van der Waals surface area contributed by atoms with Crippen molar-refractivity contribution in [1.82, 2.24) is 9.80 Å². The maximum Gasteiger partial charge on any atom is 0.410 e. The summed E-state index contributed by atoms with van der Waals surface area (Å²) in [5.74, 6) is -0.315. The fraction of sp³-hybridized carbons (Fsp3) is 0.708. The zero-order valence-corrected chi connectivity index (χ0v) is 20.3. The Labute approximate surface area is 195 Å². The second kappa shape index (κ2) is 8.41. The smallest absolute Gasteiger partial charge is 0.410 e. The largest absolute Gasteiger partial charge is 0.449 e. The third kappa shape index (κ3) is 4.01. The molecule has 1 aromatic carbocycles. The lowest BCUT2D eigenvalue weighted by Crippen LogP contribution is -2.55. The first-order valence-corrected chi connectivity index (χ1v) is 14.0. The van der Waals surface area contributed by atoms with Gasteiger partial charge in [-0.1, -0.05) is 6.92 Å². The van der Waals surface area contributed by atoms with Crippen molar-refractivity contribution in [2.75, 3.05) is 36.8 Å². The van der Waals surface area contributed by atoms with Gasteiger partial charge in [-0.25, -0.2) is 17.6 Å². The topological polar surface area (TPSA) is 70.2 Å². The molecule has 0 N–H and O–H groups in total. The zero-order valence-electron chi connectivity index (χ0n) is 19.5. The summed E-state index contributed by atoms with van der Waals surface area (Å²) in [5, 5.41) is 0. The van der Waals surface area contributed by atoms with Gasteiger partial charge in [-0.3, -0.25) is 4.31 Å². The van der Waals surface area contributed by atoms with E-state index >= 15 is 0 Å². The minimum Gasteiger partial charge on any atom is -0.449 e. The predicted molar refractivity (Wildman–Crippen MR) is 124 cm³/mol. The van der Waals surface area contributed by atoms with Gasteiger partial charge in [-0.15, -0.1) is 0 Å². The molecule has 2 atom stereocenters. The highest BCUT2D eigenvalue weighted by atomic mass is 32.2. The normalized spacial score (nSPS) is 28.9. The lowest BCUT2D eigenvalue weighted by molar-refractivity contribution is 0.0269. The summed E-state index contributed by atoms with van der Waals surface area (Å²) in [5.41, 5.74) is 1.13. The summed E-state index contributed by atoms with van der Waals surface area (Å²) in [6.45, 7) is 4.59. The summed E-state index contributed by atoms with van der Waals surface area (Å²) in [6, 6.07) is 5.41. The molecule has 0 saturated carbocycles. The fourth-order valence-electron chi connectivity index (χ4n) is 6.64. The summed E-state index contributed by atoms with van der Waals surface area (Å²) in [6.07, 6.45) is 7.52. The van der Waals surface area contributed by atoms with Crippen LogP contribution in [0.3, 0.4) is 0 Å². The average Bonchev–Trinajstić information content (AvgIpc) is 3.23. The van der Waals surface area contributed by atoms with Gasteiger partial charge in [0, 0.05) is 30.1 Å². The molecule has 4 aliphatic rings. The van der Waals surface area contributed by atoms with Crippen molar-refractivity contribution in [1.29, 1.82) is 0 Å². The van der Waals surface area contributed by atoms with Crippen LogP contribution < -0.4 is 4.31 Å². The van der Waals surface area contributed by atoms with Gasteiger partial charge in [-0.2, -0.15) is 0 Å². The number of rotatable bonds is 4. The highest BCUT2D eigenvalue weighted by molar-refractivity contribution is 7.92. The van der Waals surface area contributed by atoms with E-state index in [1.54, 1.807) is 6.07 Å². The second-order valence-corrected chi connectivity index (χ2v) is 12.2. The van der Waals surface area contributed by atoms with Crippen LogP contribution in [0.25, 0.3) is 0 Å². The van der Waals surface area contributed by atoms with Crippen LogP contribution in [0.15, 0.2) is 18.2 Å². The molecular formula is C24H34FN3O4S. The molecule has 2 bridgehead atoms. The minimum atomic E-state index is -3.42. The van der Waals surface area contributed by atoms with Crippen molar-refractivity contribution in [3.63, 3.8) is 0 Å². The average molecular weight is 480 g/mol. The molecule has 2 unspecified atom stereocenters. The lowest BCUT2D eigenvalue weighted by Gasteiger charge is -2.47. The quantitative estimate of drug-likeness (QED) is 0.661. The fourth-order valence-corrected chi connectivity index (χ4v) is 7.64. The number of halogens is 1. The zero-order chi connectivity index (χ0) is 23.4. The third-order valence-electron chi connectivity index (χ3n) is 8.27. The van der Waals surface area contributed by atoms with Gasteiger partial charge in [0.05, 0.1) is 18.6 Å². The summed E-state index contributed by atoms with van der Waals surface area (Å²) >= 11 is 0. The number of hydrogen-bond donors (Lipinski definition) is 0. The number of nitrogens with zero attached hydrogens (tertiary/aromatic N) is 3. The number of amides is 1. The Morgan fingerprint density at radius 1 is 1.15 bits per heavy atom. The number of carbonyl (C=O) groups is 1. The SMILES string of the molecule is CCCOC(=O)N1C2CCC1CC(N1CCC3(CC1)CN(S(C)(=O)=O)c1ccc(F)cc13)C2. The maximum absolute atomic E-state index is 14.1. The Bertz CT molecular complexity index is 1010. The molecule has 33 heavy (non-hydrogen) atoms. The maximum atomic E-state index is 14.1. The van der Waals surface area contributed by atoms with E-state index in [1.165, 1.54) is 22.7 Å². The van der Waals surface area contributed by atoms with Gasteiger partial charge in [0.2, 0.25) is 10.0 Å². The molecule has 1 aromatic rings. The standard InChI is InChI=1S/C24H34FN3O4S/c1-3-12-32-23(29)28-18-5-6-19(28)15-20(14-18)26-10-8-24(9-11-26)16-27(33(2,30)31)22-7-4-17(25)13-21(22)24/h4,7,13,18-20H,3,5-6,8-12,14-16H2,1-2H3. The van der Waals surface area contributed by atoms with E-state index in [9.17, 15) is 17.6 Å². The van der Waals surface area contributed by atoms with E-state index in [2.05, 4.69) is 4.90 Å². The van der Waals surface area contributed by atoms with Gasteiger partial charge >= 0.3 is 6.09 Å². The van der Waals surface area contributed by atoms with Crippen LogP contribution in [0.1, 0.15) is 57.4 Å². The summed E-state index contributed by atoms with van der Waals surface area (Å²) in [4.78, 5) is 17.0. The second-order valence-electron chi connectivity index (χ2n) is 10.3. The first-order valence-electron chi connectivity index (χ1n) is 12.2.